The van der Waals surface area contributed by atoms with Crippen molar-refractivity contribution < 1.29 is 8.42 Å². The molecule has 1 aromatic heterocycles. The van der Waals surface area contributed by atoms with Crippen LogP contribution in [0.2, 0.25) is 0 Å². The van der Waals surface area contributed by atoms with Crippen LogP contribution in [0, 0.1) is 5.41 Å². The summed E-state index contributed by atoms with van der Waals surface area (Å²) in [7, 11) is -0.927. The van der Waals surface area contributed by atoms with Crippen LogP contribution in [0.3, 0.4) is 0 Å². The summed E-state index contributed by atoms with van der Waals surface area (Å²) in [5.41, 5.74) is 5.54. The molecule has 5 nitrogen and oxygen atoms in total. The summed E-state index contributed by atoms with van der Waals surface area (Å²) in [6.45, 7) is 0.441. The topological polar surface area (TPSA) is 78.0 Å². The van der Waals surface area contributed by atoms with Crippen molar-refractivity contribution in [2.45, 2.75) is 19.3 Å². The monoisotopic (exact) mass is 257 g/mol. The van der Waals surface area contributed by atoms with Crippen LogP contribution in [0.25, 0.3) is 0 Å². The van der Waals surface area contributed by atoms with E-state index in [1.54, 1.807) is 6.20 Å². The maximum Gasteiger partial charge on any atom is 0.150 e. The Morgan fingerprint density at radius 2 is 2.35 bits per heavy atom. The third-order valence-electron chi connectivity index (χ3n) is 3.70. The second kappa shape index (κ2) is 4.42. The van der Waals surface area contributed by atoms with Crippen molar-refractivity contribution in [3.05, 3.63) is 18.2 Å². The smallest absolute Gasteiger partial charge is 0.150 e. The van der Waals surface area contributed by atoms with E-state index in [4.69, 9.17) is 5.73 Å². The summed E-state index contributed by atoms with van der Waals surface area (Å²) < 4.78 is 25.1. The maximum atomic E-state index is 11.6. The fraction of sp³-hybridized carbons (Fsp3) is 0.727. The van der Waals surface area contributed by atoms with Crippen molar-refractivity contribution in [1.29, 1.82) is 0 Å². The van der Waals surface area contributed by atoms with Gasteiger partial charge in [0.05, 0.1) is 11.5 Å². The third kappa shape index (κ3) is 2.69. The largest absolute Gasteiger partial charge is 0.338 e. The van der Waals surface area contributed by atoms with Gasteiger partial charge in [-0.15, -0.1) is 0 Å². The molecule has 0 saturated carbocycles. The Kier molecular flexibility index (Phi) is 3.27. The van der Waals surface area contributed by atoms with Crippen molar-refractivity contribution in [2.75, 3.05) is 18.1 Å². The summed E-state index contributed by atoms with van der Waals surface area (Å²) in [5, 5.41) is 0. The van der Waals surface area contributed by atoms with Gasteiger partial charge in [0.25, 0.3) is 0 Å². The molecule has 2 rings (SSSR count). The highest BCUT2D eigenvalue weighted by molar-refractivity contribution is 7.91. The number of sulfone groups is 1. The fourth-order valence-corrected chi connectivity index (χ4v) is 4.69. The lowest BCUT2D eigenvalue weighted by Gasteiger charge is -2.25. The molecule has 6 heteroatoms. The zero-order valence-corrected chi connectivity index (χ0v) is 10.9. The van der Waals surface area contributed by atoms with Gasteiger partial charge in [-0.2, -0.15) is 0 Å². The molecule has 96 valence electrons. The van der Waals surface area contributed by atoms with Crippen LogP contribution in [-0.2, 0) is 23.3 Å². The molecular weight excluding hydrogens is 238 g/mol. The zero-order chi connectivity index (χ0) is 12.5. The highest BCUT2D eigenvalue weighted by Crippen LogP contribution is 2.35. The lowest BCUT2D eigenvalue weighted by Crippen LogP contribution is -2.32. The number of nitrogens with zero attached hydrogens (tertiary/aromatic N) is 2. The van der Waals surface area contributed by atoms with Crippen molar-refractivity contribution in [2.24, 2.45) is 18.2 Å². The van der Waals surface area contributed by atoms with Gasteiger partial charge in [-0.25, -0.2) is 13.4 Å². The molecule has 0 aromatic carbocycles. The number of nitrogens with two attached hydrogens (primary N) is 1. The molecule has 1 aliphatic heterocycles. The lowest BCUT2D eigenvalue weighted by molar-refractivity contribution is 0.315. The van der Waals surface area contributed by atoms with E-state index < -0.39 is 9.84 Å². The predicted molar refractivity (Wildman–Crippen MR) is 66.3 cm³/mol. The van der Waals surface area contributed by atoms with E-state index in [1.807, 2.05) is 17.8 Å². The van der Waals surface area contributed by atoms with Crippen molar-refractivity contribution in [3.8, 4) is 0 Å². The first-order chi connectivity index (χ1) is 7.96. The van der Waals surface area contributed by atoms with E-state index in [2.05, 4.69) is 4.98 Å². The molecule has 1 aromatic rings. The van der Waals surface area contributed by atoms with Crippen LogP contribution >= 0.6 is 0 Å². The second-order valence-electron chi connectivity index (χ2n) is 5.00. The summed E-state index contributed by atoms with van der Waals surface area (Å²) in [5.74, 6) is 1.51. The number of hydrogen-bond donors (Lipinski definition) is 1. The Hall–Kier alpha value is -0.880. The van der Waals surface area contributed by atoms with Crippen molar-refractivity contribution >= 4 is 9.84 Å². The van der Waals surface area contributed by atoms with Gasteiger partial charge in [-0.3, -0.25) is 0 Å². The minimum Gasteiger partial charge on any atom is -0.338 e. The number of hydrogen-bond acceptors (Lipinski definition) is 4. The molecular formula is C11H19N3O2S. The summed E-state index contributed by atoms with van der Waals surface area (Å²) in [6, 6.07) is 0. The molecule has 0 amide bonds. The molecule has 1 fully saturated rings. The zero-order valence-electron chi connectivity index (χ0n) is 10.1. The van der Waals surface area contributed by atoms with E-state index in [9.17, 15) is 8.42 Å². The Morgan fingerprint density at radius 3 is 2.82 bits per heavy atom. The highest BCUT2D eigenvalue weighted by Gasteiger charge is 2.40. The Labute approximate surface area is 102 Å². The number of imidazole rings is 1. The van der Waals surface area contributed by atoms with Crippen LogP contribution in [0.4, 0.5) is 0 Å². The average Bonchev–Trinajstić information content (AvgIpc) is 2.81. The van der Waals surface area contributed by atoms with E-state index in [0.717, 1.165) is 18.7 Å². The molecule has 1 unspecified atom stereocenters. The number of aromatic nitrogens is 2. The second-order valence-corrected chi connectivity index (χ2v) is 7.18. The van der Waals surface area contributed by atoms with Crippen molar-refractivity contribution in [3.63, 3.8) is 0 Å². The summed E-state index contributed by atoms with van der Waals surface area (Å²) >= 11 is 0. The molecule has 17 heavy (non-hydrogen) atoms. The van der Waals surface area contributed by atoms with Gasteiger partial charge in [0.1, 0.15) is 5.82 Å². The predicted octanol–water partition coefficient (Wildman–Crippen LogP) is 0.116. The minimum atomic E-state index is -2.87. The first kappa shape index (κ1) is 12.6. The fourth-order valence-electron chi connectivity index (χ4n) is 2.46. The quantitative estimate of drug-likeness (QED) is 0.831. The Balaban J connectivity index is 2.04. The Bertz CT molecular complexity index is 495. The van der Waals surface area contributed by atoms with Gasteiger partial charge >= 0.3 is 0 Å². The number of rotatable bonds is 4. The van der Waals surface area contributed by atoms with E-state index in [0.29, 0.717) is 13.0 Å². The molecule has 0 spiro atoms. The molecule has 1 atom stereocenters. The van der Waals surface area contributed by atoms with E-state index in [1.165, 1.54) is 0 Å². The molecule has 2 heterocycles. The first-order valence-electron chi connectivity index (χ1n) is 5.83. The van der Waals surface area contributed by atoms with E-state index in [-0.39, 0.29) is 16.9 Å². The molecule has 1 aliphatic rings. The van der Waals surface area contributed by atoms with Gasteiger partial charge in [0.2, 0.25) is 0 Å². The highest BCUT2D eigenvalue weighted by atomic mass is 32.2. The summed E-state index contributed by atoms with van der Waals surface area (Å²) in [4.78, 5) is 4.25. The number of aryl methyl sites for hydroxylation is 2. The van der Waals surface area contributed by atoms with Crippen LogP contribution in [-0.4, -0.2) is 36.0 Å². The van der Waals surface area contributed by atoms with Gasteiger partial charge in [-0.05, 0) is 24.8 Å². The van der Waals surface area contributed by atoms with Gasteiger partial charge < -0.3 is 10.3 Å². The Morgan fingerprint density at radius 1 is 1.59 bits per heavy atom. The third-order valence-corrected chi connectivity index (χ3v) is 5.58. The molecule has 2 N–H and O–H groups in total. The van der Waals surface area contributed by atoms with Crippen LogP contribution < -0.4 is 5.73 Å². The minimum absolute atomic E-state index is 0.231. The van der Waals surface area contributed by atoms with Gasteiger partial charge in [0, 0.05) is 25.9 Å². The SMILES string of the molecule is Cn1ccnc1CCC1(CN)CCS(=O)(=O)C1. The summed E-state index contributed by atoms with van der Waals surface area (Å²) in [6.07, 6.45) is 5.94. The normalized spacial score (nSPS) is 27.4. The molecule has 0 radical (unpaired) electrons. The van der Waals surface area contributed by atoms with Gasteiger partial charge in [0.15, 0.2) is 9.84 Å². The van der Waals surface area contributed by atoms with Gasteiger partial charge in [-0.1, -0.05) is 0 Å². The molecule has 0 bridgehead atoms. The standard InChI is InChI=1S/C11H19N3O2S/c1-14-6-5-13-10(14)2-3-11(8-12)4-7-17(15,16)9-11/h5-6H,2-4,7-9,12H2,1H3. The van der Waals surface area contributed by atoms with E-state index >= 15 is 0 Å². The van der Waals surface area contributed by atoms with Crippen LogP contribution in [0.5, 0.6) is 0 Å². The first-order valence-corrected chi connectivity index (χ1v) is 7.65. The maximum absolute atomic E-state index is 11.6. The van der Waals surface area contributed by atoms with Crippen LogP contribution in [0.15, 0.2) is 12.4 Å². The molecule has 0 aliphatic carbocycles. The lowest BCUT2D eigenvalue weighted by atomic mass is 9.83. The average molecular weight is 257 g/mol. The van der Waals surface area contributed by atoms with Crippen LogP contribution in [0.1, 0.15) is 18.7 Å². The van der Waals surface area contributed by atoms with Crippen molar-refractivity contribution in [1.82, 2.24) is 9.55 Å². The molecule has 1 saturated heterocycles.